The first-order chi connectivity index (χ1) is 8.72. The Balaban J connectivity index is 2.19. The Morgan fingerprint density at radius 1 is 1.39 bits per heavy atom. The van der Waals surface area contributed by atoms with Gasteiger partial charge in [-0.25, -0.2) is 9.37 Å². The Hall–Kier alpha value is -1.26. The molecular formula is C14H17FN2S. The number of hydrogen-bond donors (Lipinski definition) is 1. The molecule has 0 aliphatic rings. The molecule has 96 valence electrons. The van der Waals surface area contributed by atoms with Crippen molar-refractivity contribution in [2.45, 2.75) is 32.7 Å². The summed E-state index contributed by atoms with van der Waals surface area (Å²) in [7, 11) is 0. The molecule has 1 heterocycles. The zero-order chi connectivity index (χ0) is 13.0. The van der Waals surface area contributed by atoms with E-state index < -0.39 is 0 Å². The van der Waals surface area contributed by atoms with Gasteiger partial charge in [-0.15, -0.1) is 11.3 Å². The van der Waals surface area contributed by atoms with Crippen molar-refractivity contribution >= 4 is 11.3 Å². The summed E-state index contributed by atoms with van der Waals surface area (Å²) >= 11 is 1.64. The summed E-state index contributed by atoms with van der Waals surface area (Å²) in [6, 6.07) is 6.67. The Bertz CT molecular complexity index is 522. The Morgan fingerprint density at radius 3 is 2.89 bits per heavy atom. The molecule has 1 aromatic heterocycles. The average molecular weight is 264 g/mol. The molecule has 0 fully saturated rings. The molecule has 4 heteroatoms. The van der Waals surface area contributed by atoms with E-state index in [4.69, 9.17) is 5.73 Å². The summed E-state index contributed by atoms with van der Waals surface area (Å²) in [6.45, 7) is 2.67. The molecule has 0 radical (unpaired) electrons. The standard InChI is InChI=1S/C14H17FN2S/c1-2-4-12-13(9-16)18-14(17-12)8-10-5-3-6-11(15)7-10/h3,5-7H,2,4,8-9,16H2,1H3. The summed E-state index contributed by atoms with van der Waals surface area (Å²) in [5.41, 5.74) is 7.78. The van der Waals surface area contributed by atoms with Crippen LogP contribution in [-0.4, -0.2) is 4.98 Å². The van der Waals surface area contributed by atoms with E-state index in [1.807, 2.05) is 6.07 Å². The van der Waals surface area contributed by atoms with Crippen molar-refractivity contribution in [2.75, 3.05) is 0 Å². The lowest BCUT2D eigenvalue weighted by atomic mass is 10.1. The fourth-order valence-corrected chi connectivity index (χ4v) is 2.95. The number of aromatic nitrogens is 1. The van der Waals surface area contributed by atoms with Crippen molar-refractivity contribution in [2.24, 2.45) is 5.73 Å². The summed E-state index contributed by atoms with van der Waals surface area (Å²) < 4.78 is 13.1. The van der Waals surface area contributed by atoms with Crippen molar-refractivity contribution in [3.63, 3.8) is 0 Å². The lowest BCUT2D eigenvalue weighted by Crippen LogP contribution is -1.98. The van der Waals surface area contributed by atoms with Gasteiger partial charge in [0.25, 0.3) is 0 Å². The van der Waals surface area contributed by atoms with Crippen molar-refractivity contribution in [1.29, 1.82) is 0 Å². The SMILES string of the molecule is CCCc1nc(Cc2cccc(F)c2)sc1CN. The molecule has 0 spiro atoms. The minimum Gasteiger partial charge on any atom is -0.326 e. The van der Waals surface area contributed by atoms with Crippen LogP contribution < -0.4 is 5.73 Å². The predicted octanol–water partition coefficient (Wildman–Crippen LogP) is 3.28. The van der Waals surface area contributed by atoms with Gasteiger partial charge in [0.05, 0.1) is 10.7 Å². The van der Waals surface area contributed by atoms with E-state index >= 15 is 0 Å². The molecule has 0 bridgehead atoms. The molecule has 0 aliphatic heterocycles. The van der Waals surface area contributed by atoms with Gasteiger partial charge in [0, 0.05) is 17.8 Å². The van der Waals surface area contributed by atoms with Crippen molar-refractivity contribution < 1.29 is 4.39 Å². The van der Waals surface area contributed by atoms with Crippen LogP contribution in [0.4, 0.5) is 4.39 Å². The molecule has 0 atom stereocenters. The lowest BCUT2D eigenvalue weighted by Gasteiger charge is -1.97. The van der Waals surface area contributed by atoms with Gasteiger partial charge >= 0.3 is 0 Å². The van der Waals surface area contributed by atoms with E-state index in [0.29, 0.717) is 13.0 Å². The largest absolute Gasteiger partial charge is 0.326 e. The molecule has 2 rings (SSSR count). The van der Waals surface area contributed by atoms with E-state index in [2.05, 4.69) is 11.9 Å². The smallest absolute Gasteiger partial charge is 0.123 e. The maximum absolute atomic E-state index is 13.1. The van der Waals surface area contributed by atoms with Crippen LogP contribution in [0.5, 0.6) is 0 Å². The quantitative estimate of drug-likeness (QED) is 0.900. The zero-order valence-electron chi connectivity index (χ0n) is 10.4. The van der Waals surface area contributed by atoms with Gasteiger partial charge in [-0.3, -0.25) is 0 Å². The topological polar surface area (TPSA) is 38.9 Å². The van der Waals surface area contributed by atoms with E-state index in [0.717, 1.165) is 34.0 Å². The number of thiazole rings is 1. The normalized spacial score (nSPS) is 10.8. The van der Waals surface area contributed by atoms with Crippen LogP contribution in [0, 0.1) is 5.82 Å². The van der Waals surface area contributed by atoms with Crippen LogP contribution in [0.2, 0.25) is 0 Å². The fraction of sp³-hybridized carbons (Fsp3) is 0.357. The van der Waals surface area contributed by atoms with Gasteiger partial charge in [-0.1, -0.05) is 25.5 Å². The highest BCUT2D eigenvalue weighted by Gasteiger charge is 2.09. The lowest BCUT2D eigenvalue weighted by molar-refractivity contribution is 0.626. The van der Waals surface area contributed by atoms with E-state index in [1.54, 1.807) is 23.5 Å². The van der Waals surface area contributed by atoms with E-state index in [9.17, 15) is 4.39 Å². The highest BCUT2D eigenvalue weighted by atomic mass is 32.1. The number of benzene rings is 1. The van der Waals surface area contributed by atoms with Crippen molar-refractivity contribution in [3.8, 4) is 0 Å². The molecular weight excluding hydrogens is 247 g/mol. The van der Waals surface area contributed by atoms with Gasteiger partial charge in [0.1, 0.15) is 5.82 Å². The Kier molecular flexibility index (Phi) is 4.44. The average Bonchev–Trinajstić information content (AvgIpc) is 2.72. The number of nitrogens with zero attached hydrogens (tertiary/aromatic N) is 1. The maximum atomic E-state index is 13.1. The van der Waals surface area contributed by atoms with Crippen molar-refractivity contribution in [3.05, 3.63) is 51.2 Å². The molecule has 1 aromatic carbocycles. The third-order valence-electron chi connectivity index (χ3n) is 2.74. The van der Waals surface area contributed by atoms with Crippen LogP contribution in [0.1, 0.15) is 34.5 Å². The highest BCUT2D eigenvalue weighted by molar-refractivity contribution is 7.11. The van der Waals surface area contributed by atoms with Gasteiger partial charge in [-0.05, 0) is 24.1 Å². The predicted molar refractivity (Wildman–Crippen MR) is 73.2 cm³/mol. The molecule has 0 aliphatic carbocycles. The second-order valence-electron chi connectivity index (χ2n) is 4.24. The van der Waals surface area contributed by atoms with E-state index in [-0.39, 0.29) is 5.82 Å². The molecule has 0 saturated heterocycles. The molecule has 18 heavy (non-hydrogen) atoms. The number of hydrogen-bond acceptors (Lipinski definition) is 3. The molecule has 0 unspecified atom stereocenters. The first-order valence-electron chi connectivity index (χ1n) is 6.15. The number of rotatable bonds is 5. The summed E-state index contributed by atoms with van der Waals surface area (Å²) in [5, 5.41) is 1.02. The first-order valence-corrected chi connectivity index (χ1v) is 6.96. The van der Waals surface area contributed by atoms with Crippen LogP contribution >= 0.6 is 11.3 Å². The van der Waals surface area contributed by atoms with Crippen molar-refractivity contribution in [1.82, 2.24) is 4.98 Å². The second kappa shape index (κ2) is 6.07. The molecule has 0 amide bonds. The van der Waals surface area contributed by atoms with E-state index in [1.165, 1.54) is 6.07 Å². The van der Waals surface area contributed by atoms with Crippen LogP contribution in [-0.2, 0) is 19.4 Å². The van der Waals surface area contributed by atoms with Gasteiger partial charge in [0.15, 0.2) is 0 Å². The monoisotopic (exact) mass is 264 g/mol. The second-order valence-corrected chi connectivity index (χ2v) is 5.41. The third kappa shape index (κ3) is 3.15. The summed E-state index contributed by atoms with van der Waals surface area (Å²) in [4.78, 5) is 5.77. The third-order valence-corrected chi connectivity index (χ3v) is 3.86. The zero-order valence-corrected chi connectivity index (χ0v) is 11.3. The minimum atomic E-state index is -0.197. The maximum Gasteiger partial charge on any atom is 0.123 e. The van der Waals surface area contributed by atoms with Gasteiger partial charge < -0.3 is 5.73 Å². The number of aryl methyl sites for hydroxylation is 1. The molecule has 0 saturated carbocycles. The van der Waals surface area contributed by atoms with Gasteiger partial charge in [-0.2, -0.15) is 0 Å². The Labute approximate surface area is 111 Å². The fourth-order valence-electron chi connectivity index (χ4n) is 1.93. The van der Waals surface area contributed by atoms with Crippen LogP contribution in [0.15, 0.2) is 24.3 Å². The highest BCUT2D eigenvalue weighted by Crippen LogP contribution is 2.22. The summed E-state index contributed by atoms with van der Waals surface area (Å²) in [5.74, 6) is -0.197. The van der Waals surface area contributed by atoms with Crippen LogP contribution in [0.3, 0.4) is 0 Å². The van der Waals surface area contributed by atoms with Crippen LogP contribution in [0.25, 0.3) is 0 Å². The number of halogens is 1. The summed E-state index contributed by atoms with van der Waals surface area (Å²) in [6.07, 6.45) is 2.71. The van der Waals surface area contributed by atoms with Gasteiger partial charge in [0.2, 0.25) is 0 Å². The number of nitrogens with two attached hydrogens (primary N) is 1. The Morgan fingerprint density at radius 2 is 2.22 bits per heavy atom. The molecule has 2 aromatic rings. The minimum absolute atomic E-state index is 0.197. The first kappa shape index (κ1) is 13.2. The molecule has 2 N–H and O–H groups in total. The molecule has 2 nitrogen and oxygen atoms in total.